The number of hydrogen-bond acceptors (Lipinski definition) is 2. The van der Waals surface area contributed by atoms with Gasteiger partial charge in [-0.2, -0.15) is 0 Å². The van der Waals surface area contributed by atoms with Crippen LogP contribution in [0.25, 0.3) is 0 Å². The molecule has 20 heavy (non-hydrogen) atoms. The molecule has 1 aliphatic rings. The van der Waals surface area contributed by atoms with Crippen LogP contribution in [-0.4, -0.2) is 11.7 Å². The molecule has 2 aromatic carbocycles. The maximum atomic E-state index is 13.3. The highest BCUT2D eigenvalue weighted by Gasteiger charge is 2.17. The molecule has 0 aliphatic carbocycles. The Bertz CT molecular complexity index is 612. The third-order valence-corrected chi connectivity index (χ3v) is 3.91. The highest BCUT2D eigenvalue weighted by atomic mass is 19.1. The molecule has 0 saturated carbocycles. The third-order valence-electron chi connectivity index (χ3n) is 3.91. The summed E-state index contributed by atoms with van der Waals surface area (Å²) in [5, 5.41) is 9.45. The van der Waals surface area contributed by atoms with E-state index in [0.29, 0.717) is 5.56 Å². The first-order chi connectivity index (χ1) is 9.78. The summed E-state index contributed by atoms with van der Waals surface area (Å²) < 4.78 is 13.3. The minimum Gasteiger partial charge on any atom is -0.392 e. The molecule has 2 aromatic rings. The number of aliphatic hydroxyl groups excluding tert-OH is 1. The normalized spacial score (nSPS) is 14.8. The molecule has 0 saturated heterocycles. The standard InChI is InChI=1S/C17H18FNO/c18-16-7-8-17(15(10-16)12-20)19-9-3-6-13-4-1-2-5-14(13)11-19/h1-2,4-5,7-8,10,20H,3,6,9,11-12H2. The van der Waals surface area contributed by atoms with Crippen LogP contribution in [0.5, 0.6) is 0 Å². The summed E-state index contributed by atoms with van der Waals surface area (Å²) in [6.45, 7) is 1.60. The second-order valence-corrected chi connectivity index (χ2v) is 5.22. The molecule has 1 aliphatic heterocycles. The molecule has 0 fully saturated rings. The predicted octanol–water partition coefficient (Wildman–Crippen LogP) is 3.27. The minimum absolute atomic E-state index is 0.134. The largest absolute Gasteiger partial charge is 0.392 e. The molecule has 0 aromatic heterocycles. The van der Waals surface area contributed by atoms with Crippen LogP contribution in [0.3, 0.4) is 0 Å². The van der Waals surface area contributed by atoms with Gasteiger partial charge in [0.05, 0.1) is 6.61 Å². The summed E-state index contributed by atoms with van der Waals surface area (Å²) in [4.78, 5) is 2.23. The Hall–Kier alpha value is -1.87. The van der Waals surface area contributed by atoms with Crippen LogP contribution in [0.4, 0.5) is 10.1 Å². The van der Waals surface area contributed by atoms with E-state index in [2.05, 4.69) is 29.2 Å². The van der Waals surface area contributed by atoms with E-state index >= 15 is 0 Å². The second-order valence-electron chi connectivity index (χ2n) is 5.22. The van der Waals surface area contributed by atoms with Crippen molar-refractivity contribution in [3.8, 4) is 0 Å². The number of aliphatic hydroxyl groups is 1. The predicted molar refractivity (Wildman–Crippen MR) is 78.1 cm³/mol. The molecule has 3 heteroatoms. The first-order valence-corrected chi connectivity index (χ1v) is 6.99. The quantitative estimate of drug-likeness (QED) is 0.906. The lowest BCUT2D eigenvalue weighted by Crippen LogP contribution is -2.23. The minimum atomic E-state index is -0.298. The Morgan fingerprint density at radius 1 is 1.10 bits per heavy atom. The number of rotatable bonds is 2. The summed E-state index contributed by atoms with van der Waals surface area (Å²) in [7, 11) is 0. The monoisotopic (exact) mass is 271 g/mol. The van der Waals surface area contributed by atoms with Crippen molar-refractivity contribution in [3.05, 3.63) is 65.0 Å². The topological polar surface area (TPSA) is 23.5 Å². The van der Waals surface area contributed by atoms with Gasteiger partial charge in [-0.25, -0.2) is 4.39 Å². The molecule has 1 heterocycles. The van der Waals surface area contributed by atoms with E-state index in [-0.39, 0.29) is 12.4 Å². The Morgan fingerprint density at radius 3 is 2.70 bits per heavy atom. The smallest absolute Gasteiger partial charge is 0.123 e. The van der Waals surface area contributed by atoms with Crippen molar-refractivity contribution in [1.82, 2.24) is 0 Å². The van der Waals surface area contributed by atoms with Crippen molar-refractivity contribution < 1.29 is 9.50 Å². The van der Waals surface area contributed by atoms with Crippen LogP contribution < -0.4 is 4.90 Å². The van der Waals surface area contributed by atoms with Crippen LogP contribution in [0.2, 0.25) is 0 Å². The van der Waals surface area contributed by atoms with Crippen molar-refractivity contribution in [3.63, 3.8) is 0 Å². The Morgan fingerprint density at radius 2 is 1.90 bits per heavy atom. The molecule has 0 bridgehead atoms. The molecule has 1 N–H and O–H groups in total. The maximum absolute atomic E-state index is 13.3. The fourth-order valence-corrected chi connectivity index (χ4v) is 2.90. The maximum Gasteiger partial charge on any atom is 0.123 e. The lowest BCUT2D eigenvalue weighted by atomic mass is 10.0. The average Bonchev–Trinajstić information content (AvgIpc) is 2.69. The van der Waals surface area contributed by atoms with Crippen LogP contribution in [0.15, 0.2) is 42.5 Å². The molecule has 0 atom stereocenters. The fraction of sp³-hybridized carbons (Fsp3) is 0.294. The van der Waals surface area contributed by atoms with E-state index in [9.17, 15) is 9.50 Å². The van der Waals surface area contributed by atoms with E-state index in [1.54, 1.807) is 6.07 Å². The summed E-state index contributed by atoms with van der Waals surface area (Å²) in [6.07, 6.45) is 2.14. The van der Waals surface area contributed by atoms with E-state index in [1.807, 2.05) is 0 Å². The highest BCUT2D eigenvalue weighted by molar-refractivity contribution is 5.54. The van der Waals surface area contributed by atoms with Gasteiger partial charge in [-0.1, -0.05) is 24.3 Å². The van der Waals surface area contributed by atoms with Gasteiger partial charge in [0.15, 0.2) is 0 Å². The fourth-order valence-electron chi connectivity index (χ4n) is 2.90. The van der Waals surface area contributed by atoms with Crippen molar-refractivity contribution in [1.29, 1.82) is 0 Å². The van der Waals surface area contributed by atoms with Gasteiger partial charge >= 0.3 is 0 Å². The second kappa shape index (κ2) is 5.63. The summed E-state index contributed by atoms with van der Waals surface area (Å²) in [5.41, 5.74) is 4.30. The zero-order valence-corrected chi connectivity index (χ0v) is 11.3. The van der Waals surface area contributed by atoms with Crippen LogP contribution >= 0.6 is 0 Å². The van der Waals surface area contributed by atoms with Crippen molar-refractivity contribution >= 4 is 5.69 Å². The number of fused-ring (bicyclic) bond motifs is 1. The van der Waals surface area contributed by atoms with Gasteiger partial charge < -0.3 is 10.0 Å². The molecular formula is C17H18FNO. The van der Waals surface area contributed by atoms with Crippen molar-refractivity contribution in [2.75, 3.05) is 11.4 Å². The molecule has 0 spiro atoms. The van der Waals surface area contributed by atoms with Gasteiger partial charge in [0.2, 0.25) is 0 Å². The Labute approximate surface area is 118 Å². The molecule has 3 rings (SSSR count). The van der Waals surface area contributed by atoms with Gasteiger partial charge in [0.1, 0.15) is 5.82 Å². The summed E-state index contributed by atoms with van der Waals surface area (Å²) in [6, 6.07) is 13.1. The van der Waals surface area contributed by atoms with Crippen LogP contribution in [-0.2, 0) is 19.6 Å². The van der Waals surface area contributed by atoms with E-state index in [4.69, 9.17) is 0 Å². The number of halogens is 1. The zero-order valence-electron chi connectivity index (χ0n) is 11.3. The third kappa shape index (κ3) is 2.54. The molecular weight excluding hydrogens is 253 g/mol. The van der Waals surface area contributed by atoms with Crippen LogP contribution in [0.1, 0.15) is 23.1 Å². The summed E-state index contributed by atoms with van der Waals surface area (Å²) in [5.74, 6) is -0.298. The van der Waals surface area contributed by atoms with E-state index < -0.39 is 0 Å². The van der Waals surface area contributed by atoms with Gasteiger partial charge in [-0.15, -0.1) is 0 Å². The van der Waals surface area contributed by atoms with E-state index in [1.165, 1.54) is 23.3 Å². The zero-order chi connectivity index (χ0) is 13.9. The average molecular weight is 271 g/mol. The number of benzene rings is 2. The SMILES string of the molecule is OCc1cc(F)ccc1N1CCCc2ccccc2C1. The lowest BCUT2D eigenvalue weighted by Gasteiger charge is -2.25. The Kier molecular flexibility index (Phi) is 3.70. The molecule has 104 valence electrons. The lowest BCUT2D eigenvalue weighted by molar-refractivity contribution is 0.281. The van der Waals surface area contributed by atoms with Crippen molar-refractivity contribution in [2.45, 2.75) is 26.0 Å². The summed E-state index contributed by atoms with van der Waals surface area (Å²) >= 11 is 0. The van der Waals surface area contributed by atoms with Gasteiger partial charge in [-0.3, -0.25) is 0 Å². The Balaban J connectivity index is 1.95. The number of nitrogens with zero attached hydrogens (tertiary/aromatic N) is 1. The van der Waals surface area contributed by atoms with E-state index in [0.717, 1.165) is 31.6 Å². The van der Waals surface area contributed by atoms with Gasteiger partial charge in [0.25, 0.3) is 0 Å². The number of hydrogen-bond donors (Lipinski definition) is 1. The molecule has 0 radical (unpaired) electrons. The first-order valence-electron chi connectivity index (χ1n) is 6.99. The molecule has 0 amide bonds. The highest BCUT2D eigenvalue weighted by Crippen LogP contribution is 2.27. The first kappa shape index (κ1) is 13.1. The number of aryl methyl sites for hydroxylation is 1. The van der Waals surface area contributed by atoms with Gasteiger partial charge in [0, 0.05) is 24.3 Å². The van der Waals surface area contributed by atoms with Crippen LogP contribution in [0, 0.1) is 5.82 Å². The van der Waals surface area contributed by atoms with Crippen molar-refractivity contribution in [2.24, 2.45) is 0 Å². The van der Waals surface area contributed by atoms with Gasteiger partial charge in [-0.05, 0) is 42.2 Å². The number of anilines is 1. The molecule has 2 nitrogen and oxygen atoms in total. The molecule has 0 unspecified atom stereocenters.